The molecule has 1 fully saturated rings. The molecule has 0 bridgehead atoms. The van der Waals surface area contributed by atoms with Gasteiger partial charge in [0.1, 0.15) is 0 Å². The first kappa shape index (κ1) is 17.3. The van der Waals surface area contributed by atoms with Crippen LogP contribution in [0.2, 0.25) is 0 Å². The van der Waals surface area contributed by atoms with Crippen molar-refractivity contribution >= 4 is 22.8 Å². The normalized spacial score (nSPS) is 19.5. The molecule has 0 aliphatic carbocycles. The smallest absolute Gasteiger partial charge is 0.308 e. The lowest BCUT2D eigenvalue weighted by atomic mass is 9.89. The number of hydrogen-bond acceptors (Lipinski definition) is 2. The van der Waals surface area contributed by atoms with Crippen molar-refractivity contribution in [3.63, 3.8) is 0 Å². The fraction of sp³-hybridized carbons (Fsp3) is 0.273. The molecule has 2 N–H and O–H groups in total. The van der Waals surface area contributed by atoms with E-state index in [2.05, 4.69) is 11.1 Å². The van der Waals surface area contributed by atoms with Crippen LogP contribution in [0.4, 0.5) is 0 Å². The fourth-order valence-electron chi connectivity index (χ4n) is 3.96. The van der Waals surface area contributed by atoms with E-state index in [4.69, 9.17) is 0 Å². The summed E-state index contributed by atoms with van der Waals surface area (Å²) < 4.78 is 0. The second-order valence-electron chi connectivity index (χ2n) is 7.16. The van der Waals surface area contributed by atoms with Crippen molar-refractivity contribution in [2.45, 2.75) is 18.8 Å². The number of carboxylic acids is 1. The Morgan fingerprint density at radius 1 is 1.07 bits per heavy atom. The standard InChI is InChI=1S/C22H22N2O3/c25-21(9-7-15-6-8-20-17(12-15)10-11-23-20)24-13-18(19(14-24)22(26)27)16-4-2-1-3-5-16/h1-6,8,10-12,18-19,23H,7,9,13-14H2,(H,26,27)/t18-,19-/m1/s1. The number of aliphatic carboxylic acids is 1. The zero-order chi connectivity index (χ0) is 18.8. The van der Waals surface area contributed by atoms with Gasteiger partial charge in [-0.2, -0.15) is 0 Å². The average molecular weight is 362 g/mol. The Kier molecular flexibility index (Phi) is 4.67. The number of carbonyl (C=O) groups is 2. The Balaban J connectivity index is 1.43. The Morgan fingerprint density at radius 2 is 1.89 bits per heavy atom. The van der Waals surface area contributed by atoms with Crippen LogP contribution in [0.15, 0.2) is 60.8 Å². The maximum Gasteiger partial charge on any atom is 0.308 e. The van der Waals surface area contributed by atoms with Crippen molar-refractivity contribution in [3.8, 4) is 0 Å². The quantitative estimate of drug-likeness (QED) is 0.730. The highest BCUT2D eigenvalue weighted by atomic mass is 16.4. The van der Waals surface area contributed by atoms with E-state index < -0.39 is 11.9 Å². The predicted octanol–water partition coefficient (Wildman–Crippen LogP) is 3.43. The molecule has 2 atom stereocenters. The summed E-state index contributed by atoms with van der Waals surface area (Å²) in [6, 6.07) is 17.8. The topological polar surface area (TPSA) is 73.4 Å². The van der Waals surface area contributed by atoms with Gasteiger partial charge in [-0.15, -0.1) is 0 Å². The summed E-state index contributed by atoms with van der Waals surface area (Å²) in [5.41, 5.74) is 3.18. The van der Waals surface area contributed by atoms with Gasteiger partial charge in [-0.05, 0) is 41.1 Å². The number of rotatable bonds is 5. The van der Waals surface area contributed by atoms with E-state index in [1.165, 1.54) is 0 Å². The van der Waals surface area contributed by atoms with E-state index in [1.54, 1.807) is 4.90 Å². The Hall–Kier alpha value is -3.08. The lowest BCUT2D eigenvalue weighted by molar-refractivity contribution is -0.141. The number of carbonyl (C=O) groups excluding carboxylic acids is 1. The number of likely N-dealkylation sites (tertiary alicyclic amines) is 1. The molecule has 5 heteroatoms. The molecule has 3 aromatic rings. The molecule has 0 saturated carbocycles. The molecule has 4 rings (SSSR count). The van der Waals surface area contributed by atoms with Crippen LogP contribution < -0.4 is 0 Å². The molecule has 1 aliphatic heterocycles. The van der Waals surface area contributed by atoms with Gasteiger partial charge in [-0.25, -0.2) is 0 Å². The zero-order valence-corrected chi connectivity index (χ0v) is 15.0. The maximum atomic E-state index is 12.7. The first-order valence-electron chi connectivity index (χ1n) is 9.23. The highest BCUT2D eigenvalue weighted by molar-refractivity contribution is 5.81. The van der Waals surface area contributed by atoms with E-state index >= 15 is 0 Å². The minimum absolute atomic E-state index is 0.0221. The first-order chi connectivity index (χ1) is 13.1. The molecule has 1 amide bonds. The second-order valence-corrected chi connectivity index (χ2v) is 7.16. The Labute approximate surface area is 157 Å². The highest BCUT2D eigenvalue weighted by Gasteiger charge is 2.40. The number of nitrogens with one attached hydrogen (secondary N) is 1. The van der Waals surface area contributed by atoms with Crippen LogP contribution in [0.5, 0.6) is 0 Å². The predicted molar refractivity (Wildman–Crippen MR) is 104 cm³/mol. The van der Waals surface area contributed by atoms with E-state index in [9.17, 15) is 14.7 Å². The number of carboxylic acid groups (broad SMARTS) is 1. The third-order valence-corrected chi connectivity index (χ3v) is 5.46. The SMILES string of the molecule is O=C(O)[C@@H]1CN(C(=O)CCc2ccc3[nH]ccc3c2)C[C@@H]1c1ccccc1. The van der Waals surface area contributed by atoms with Crippen molar-refractivity contribution in [3.05, 3.63) is 71.9 Å². The lowest BCUT2D eigenvalue weighted by Gasteiger charge is -2.16. The van der Waals surface area contributed by atoms with Gasteiger partial charge < -0.3 is 15.0 Å². The van der Waals surface area contributed by atoms with Crippen LogP contribution >= 0.6 is 0 Å². The fourth-order valence-corrected chi connectivity index (χ4v) is 3.96. The number of fused-ring (bicyclic) bond motifs is 1. The number of aryl methyl sites for hydroxylation is 1. The summed E-state index contributed by atoms with van der Waals surface area (Å²) in [5.74, 6) is -1.51. The van der Waals surface area contributed by atoms with Crippen LogP contribution in [0.1, 0.15) is 23.5 Å². The number of H-pyrrole nitrogens is 1. The average Bonchev–Trinajstić information content (AvgIpc) is 3.33. The minimum Gasteiger partial charge on any atom is -0.481 e. The third-order valence-electron chi connectivity index (χ3n) is 5.46. The molecule has 27 heavy (non-hydrogen) atoms. The van der Waals surface area contributed by atoms with Gasteiger partial charge in [0.15, 0.2) is 0 Å². The van der Waals surface area contributed by atoms with Crippen molar-refractivity contribution < 1.29 is 14.7 Å². The molecule has 2 aromatic carbocycles. The largest absolute Gasteiger partial charge is 0.481 e. The van der Waals surface area contributed by atoms with Gasteiger partial charge in [0.05, 0.1) is 5.92 Å². The van der Waals surface area contributed by atoms with Crippen LogP contribution in [0, 0.1) is 5.92 Å². The van der Waals surface area contributed by atoms with E-state index in [0.717, 1.165) is 22.0 Å². The van der Waals surface area contributed by atoms with Gasteiger partial charge in [0.2, 0.25) is 5.91 Å². The van der Waals surface area contributed by atoms with E-state index in [0.29, 0.717) is 19.4 Å². The van der Waals surface area contributed by atoms with Crippen molar-refractivity contribution in [1.29, 1.82) is 0 Å². The number of nitrogens with zero attached hydrogens (tertiary/aromatic N) is 1. The van der Waals surface area contributed by atoms with Gasteiger partial charge in [-0.3, -0.25) is 9.59 Å². The van der Waals surface area contributed by atoms with Gasteiger partial charge >= 0.3 is 5.97 Å². The molecule has 2 heterocycles. The molecule has 5 nitrogen and oxygen atoms in total. The molecule has 1 aromatic heterocycles. The van der Waals surface area contributed by atoms with E-state index in [1.807, 2.05) is 54.7 Å². The van der Waals surface area contributed by atoms with Crippen molar-refractivity contribution in [2.75, 3.05) is 13.1 Å². The summed E-state index contributed by atoms with van der Waals surface area (Å²) in [6.07, 6.45) is 2.95. The van der Waals surface area contributed by atoms with Crippen molar-refractivity contribution in [1.82, 2.24) is 9.88 Å². The molecule has 138 valence electrons. The number of amides is 1. The number of hydrogen-bond donors (Lipinski definition) is 2. The summed E-state index contributed by atoms with van der Waals surface area (Å²) in [6.45, 7) is 0.751. The molecular formula is C22H22N2O3. The molecule has 0 radical (unpaired) electrons. The van der Waals surface area contributed by atoms with Crippen LogP contribution in [0.25, 0.3) is 10.9 Å². The number of aromatic amines is 1. The molecule has 1 aliphatic rings. The molecule has 0 unspecified atom stereocenters. The summed E-state index contributed by atoms with van der Waals surface area (Å²) in [7, 11) is 0. The third kappa shape index (κ3) is 3.58. The summed E-state index contributed by atoms with van der Waals surface area (Å²) >= 11 is 0. The molecular weight excluding hydrogens is 340 g/mol. The lowest BCUT2D eigenvalue weighted by Crippen LogP contribution is -2.30. The summed E-state index contributed by atoms with van der Waals surface area (Å²) in [4.78, 5) is 29.3. The second kappa shape index (κ2) is 7.27. The molecule has 0 spiro atoms. The zero-order valence-electron chi connectivity index (χ0n) is 15.0. The van der Waals surface area contributed by atoms with Gasteiger partial charge in [0.25, 0.3) is 0 Å². The van der Waals surface area contributed by atoms with E-state index in [-0.39, 0.29) is 18.4 Å². The Morgan fingerprint density at radius 3 is 2.67 bits per heavy atom. The van der Waals surface area contributed by atoms with Gasteiger partial charge in [-0.1, -0.05) is 36.4 Å². The highest BCUT2D eigenvalue weighted by Crippen LogP contribution is 2.33. The Bertz CT molecular complexity index is 964. The monoisotopic (exact) mass is 362 g/mol. The van der Waals surface area contributed by atoms with Crippen molar-refractivity contribution in [2.24, 2.45) is 5.92 Å². The van der Waals surface area contributed by atoms with Gasteiger partial charge in [0, 0.05) is 37.1 Å². The number of benzene rings is 2. The maximum absolute atomic E-state index is 12.7. The van der Waals surface area contributed by atoms with Crippen LogP contribution in [0.3, 0.4) is 0 Å². The van der Waals surface area contributed by atoms with Crippen LogP contribution in [-0.4, -0.2) is 40.0 Å². The first-order valence-corrected chi connectivity index (χ1v) is 9.23. The molecule has 1 saturated heterocycles. The number of aromatic nitrogens is 1. The minimum atomic E-state index is -0.836. The van der Waals surface area contributed by atoms with Crippen LogP contribution in [-0.2, 0) is 16.0 Å². The summed E-state index contributed by atoms with van der Waals surface area (Å²) in [5, 5.41) is 10.7.